The van der Waals surface area contributed by atoms with Gasteiger partial charge in [-0.1, -0.05) is 34.1 Å². The Kier molecular flexibility index (Phi) is 2.08. The van der Waals surface area contributed by atoms with Gasteiger partial charge in [0.05, 0.1) is 5.52 Å². The molecule has 0 spiro atoms. The predicted octanol–water partition coefficient (Wildman–Crippen LogP) is 4.70. The van der Waals surface area contributed by atoms with Gasteiger partial charge in [0.25, 0.3) is 0 Å². The molecule has 0 bridgehead atoms. The van der Waals surface area contributed by atoms with Gasteiger partial charge in [-0.25, -0.2) is 0 Å². The molecule has 0 saturated carbocycles. The fraction of sp³-hybridized carbons (Fsp3) is 0.143. The lowest BCUT2D eigenvalue weighted by atomic mass is 10.1. The summed E-state index contributed by atoms with van der Waals surface area (Å²) in [6.45, 7) is 4.28. The normalized spacial score (nSPS) is 11.4. The quantitative estimate of drug-likeness (QED) is 0.611. The van der Waals surface area contributed by atoms with E-state index in [0.29, 0.717) is 0 Å². The van der Waals surface area contributed by atoms with Crippen LogP contribution in [0.5, 0.6) is 0 Å². The van der Waals surface area contributed by atoms with E-state index in [4.69, 9.17) is 0 Å². The van der Waals surface area contributed by atoms with Crippen molar-refractivity contribution in [1.82, 2.24) is 4.98 Å². The molecule has 0 aliphatic carbocycles. The number of fused-ring (bicyclic) bond motifs is 3. The molecule has 0 saturated heterocycles. The van der Waals surface area contributed by atoms with E-state index in [1.54, 1.807) is 0 Å². The van der Waals surface area contributed by atoms with E-state index in [1.165, 1.54) is 37.4 Å². The van der Waals surface area contributed by atoms with Crippen LogP contribution in [0.3, 0.4) is 0 Å². The van der Waals surface area contributed by atoms with Gasteiger partial charge in [0.2, 0.25) is 0 Å². The highest BCUT2D eigenvalue weighted by Crippen LogP contribution is 2.33. The number of rotatable bonds is 0. The second kappa shape index (κ2) is 3.36. The molecule has 1 heterocycles. The zero-order valence-electron chi connectivity index (χ0n) is 9.26. The lowest BCUT2D eigenvalue weighted by molar-refractivity contribution is 1.36. The molecule has 0 aliphatic rings. The van der Waals surface area contributed by atoms with Gasteiger partial charge >= 0.3 is 0 Å². The number of H-pyrrole nitrogens is 1. The summed E-state index contributed by atoms with van der Waals surface area (Å²) in [5.74, 6) is 0. The Morgan fingerprint density at radius 1 is 1.06 bits per heavy atom. The minimum Gasteiger partial charge on any atom is -0.354 e. The summed E-state index contributed by atoms with van der Waals surface area (Å²) < 4.78 is 1.20. The molecule has 1 nitrogen and oxygen atoms in total. The second-order valence-corrected chi connectivity index (χ2v) is 5.02. The maximum Gasteiger partial charge on any atom is 0.0506 e. The van der Waals surface area contributed by atoms with Crippen LogP contribution in [0.4, 0.5) is 0 Å². The number of para-hydroxylation sites is 1. The van der Waals surface area contributed by atoms with Crippen molar-refractivity contribution in [2.75, 3.05) is 0 Å². The van der Waals surface area contributed by atoms with Gasteiger partial charge in [0, 0.05) is 20.8 Å². The lowest BCUT2D eigenvalue weighted by Gasteiger charge is -2.04. The number of hydrogen-bond acceptors (Lipinski definition) is 0. The van der Waals surface area contributed by atoms with E-state index in [2.05, 4.69) is 65.1 Å². The zero-order chi connectivity index (χ0) is 11.3. The van der Waals surface area contributed by atoms with Gasteiger partial charge in [-0.2, -0.15) is 0 Å². The minimum absolute atomic E-state index is 1.20. The van der Waals surface area contributed by atoms with Gasteiger partial charge in [-0.3, -0.25) is 0 Å². The third kappa shape index (κ3) is 1.23. The molecule has 16 heavy (non-hydrogen) atoms. The fourth-order valence-corrected chi connectivity index (χ4v) is 2.61. The standard InChI is InChI=1S/C14H12BrN/c1-8-7-11-10-5-3-4-6-12(10)16-14(11)9(2)13(8)15/h3-7,16H,1-2H3. The van der Waals surface area contributed by atoms with Crippen molar-refractivity contribution in [2.45, 2.75) is 13.8 Å². The molecule has 0 radical (unpaired) electrons. The van der Waals surface area contributed by atoms with Crippen LogP contribution in [0.1, 0.15) is 11.1 Å². The lowest BCUT2D eigenvalue weighted by Crippen LogP contribution is -1.83. The van der Waals surface area contributed by atoms with E-state index in [0.717, 1.165) is 0 Å². The van der Waals surface area contributed by atoms with Crippen molar-refractivity contribution in [3.8, 4) is 0 Å². The summed E-state index contributed by atoms with van der Waals surface area (Å²) in [6, 6.07) is 10.7. The number of hydrogen-bond donors (Lipinski definition) is 1. The molecular formula is C14H12BrN. The van der Waals surface area contributed by atoms with Gasteiger partial charge < -0.3 is 4.98 Å². The molecule has 0 atom stereocenters. The van der Waals surface area contributed by atoms with Crippen molar-refractivity contribution in [3.05, 3.63) is 45.9 Å². The molecule has 1 N–H and O–H groups in total. The first-order valence-electron chi connectivity index (χ1n) is 5.34. The van der Waals surface area contributed by atoms with Gasteiger partial charge in [0.1, 0.15) is 0 Å². The zero-order valence-corrected chi connectivity index (χ0v) is 10.9. The number of halogens is 1. The molecule has 0 unspecified atom stereocenters. The Labute approximate surface area is 103 Å². The number of aromatic nitrogens is 1. The highest BCUT2D eigenvalue weighted by Gasteiger charge is 2.09. The van der Waals surface area contributed by atoms with E-state index in [9.17, 15) is 0 Å². The molecule has 80 valence electrons. The Bertz CT molecular complexity index is 695. The topological polar surface area (TPSA) is 15.8 Å². The summed E-state index contributed by atoms with van der Waals surface area (Å²) in [6.07, 6.45) is 0. The summed E-state index contributed by atoms with van der Waals surface area (Å²) in [5, 5.41) is 2.62. The van der Waals surface area contributed by atoms with Crippen LogP contribution in [0.25, 0.3) is 21.8 Å². The van der Waals surface area contributed by atoms with E-state index in [-0.39, 0.29) is 0 Å². The molecule has 1 aromatic heterocycles. The predicted molar refractivity (Wildman–Crippen MR) is 73.0 cm³/mol. The number of aromatic amines is 1. The van der Waals surface area contributed by atoms with E-state index >= 15 is 0 Å². The third-order valence-corrected chi connectivity index (χ3v) is 4.38. The Balaban J connectivity index is 2.60. The molecule has 3 rings (SSSR count). The van der Waals surface area contributed by atoms with Crippen LogP contribution in [-0.2, 0) is 0 Å². The van der Waals surface area contributed by atoms with Crippen molar-refractivity contribution >= 4 is 37.7 Å². The summed E-state index contributed by atoms with van der Waals surface area (Å²) in [4.78, 5) is 3.48. The van der Waals surface area contributed by atoms with E-state index in [1.807, 2.05) is 0 Å². The molecule has 0 fully saturated rings. The van der Waals surface area contributed by atoms with Gasteiger partial charge in [0.15, 0.2) is 0 Å². The van der Waals surface area contributed by atoms with Crippen LogP contribution in [0.2, 0.25) is 0 Å². The molecular weight excluding hydrogens is 262 g/mol. The SMILES string of the molecule is Cc1cc2c([nH]c3ccccc32)c(C)c1Br. The fourth-order valence-electron chi connectivity index (χ4n) is 2.29. The first kappa shape index (κ1) is 9.91. The number of nitrogens with one attached hydrogen (secondary N) is 1. The van der Waals surface area contributed by atoms with Crippen molar-refractivity contribution in [3.63, 3.8) is 0 Å². The summed E-state index contributed by atoms with van der Waals surface area (Å²) in [7, 11) is 0. The Morgan fingerprint density at radius 3 is 2.62 bits per heavy atom. The van der Waals surface area contributed by atoms with Crippen molar-refractivity contribution in [1.29, 1.82) is 0 Å². The van der Waals surface area contributed by atoms with Crippen LogP contribution in [0.15, 0.2) is 34.8 Å². The first-order valence-corrected chi connectivity index (χ1v) is 6.14. The van der Waals surface area contributed by atoms with Crippen LogP contribution >= 0.6 is 15.9 Å². The Morgan fingerprint density at radius 2 is 1.81 bits per heavy atom. The highest BCUT2D eigenvalue weighted by atomic mass is 79.9. The largest absolute Gasteiger partial charge is 0.354 e. The average Bonchev–Trinajstić information content (AvgIpc) is 2.65. The van der Waals surface area contributed by atoms with Crippen molar-refractivity contribution in [2.24, 2.45) is 0 Å². The highest BCUT2D eigenvalue weighted by molar-refractivity contribution is 9.10. The van der Waals surface area contributed by atoms with Gasteiger partial charge in [-0.15, -0.1) is 0 Å². The maximum absolute atomic E-state index is 3.64. The third-order valence-electron chi connectivity index (χ3n) is 3.16. The molecule has 0 aliphatic heterocycles. The number of aryl methyl sites for hydroxylation is 2. The maximum atomic E-state index is 3.64. The monoisotopic (exact) mass is 273 g/mol. The summed E-state index contributed by atoms with van der Waals surface area (Å²) >= 11 is 3.64. The van der Waals surface area contributed by atoms with Gasteiger partial charge in [-0.05, 0) is 37.1 Å². The minimum atomic E-state index is 1.20. The smallest absolute Gasteiger partial charge is 0.0506 e. The van der Waals surface area contributed by atoms with Crippen LogP contribution in [-0.4, -0.2) is 4.98 Å². The number of benzene rings is 2. The summed E-state index contributed by atoms with van der Waals surface area (Å²) in [5.41, 5.74) is 5.01. The molecule has 2 heteroatoms. The molecule has 0 amide bonds. The molecule has 3 aromatic rings. The van der Waals surface area contributed by atoms with E-state index < -0.39 is 0 Å². The average molecular weight is 274 g/mol. The second-order valence-electron chi connectivity index (χ2n) is 4.23. The Hall–Kier alpha value is -1.28. The first-order chi connectivity index (χ1) is 7.68. The van der Waals surface area contributed by atoms with Crippen LogP contribution in [0, 0.1) is 13.8 Å². The van der Waals surface area contributed by atoms with Crippen LogP contribution < -0.4 is 0 Å². The van der Waals surface area contributed by atoms with Crippen molar-refractivity contribution < 1.29 is 0 Å². The molecule has 2 aromatic carbocycles.